The van der Waals surface area contributed by atoms with Crippen LogP contribution in [-0.4, -0.2) is 31.3 Å². The van der Waals surface area contributed by atoms with Crippen molar-refractivity contribution in [3.63, 3.8) is 0 Å². The molecule has 12 heavy (non-hydrogen) atoms. The van der Waals surface area contributed by atoms with Gasteiger partial charge in [-0.15, -0.1) is 0 Å². The van der Waals surface area contributed by atoms with Crippen LogP contribution in [-0.2, 0) is 19.2 Å². The van der Waals surface area contributed by atoms with Gasteiger partial charge in [-0.2, -0.15) is 0 Å². The predicted molar refractivity (Wildman–Crippen MR) is 40.3 cm³/mol. The Morgan fingerprint density at radius 2 is 2.08 bits per heavy atom. The van der Waals surface area contributed by atoms with Gasteiger partial charge < -0.3 is 15.3 Å². The zero-order valence-electron chi connectivity index (χ0n) is 6.86. The molecule has 0 rings (SSSR count). The molecule has 0 aliphatic rings. The fraction of sp³-hybridized carbons (Fsp3) is 0.500. The third-order valence-corrected chi connectivity index (χ3v) is 0.897. The fourth-order valence-corrected chi connectivity index (χ4v) is 0.409. The number of carbonyl (C=O) groups excluding carboxylic acids is 2. The van der Waals surface area contributed by atoms with Gasteiger partial charge in [0.2, 0.25) is 0 Å². The van der Waals surface area contributed by atoms with E-state index >= 15 is 0 Å². The molecular formula is C6H10N2O4. The maximum Gasteiger partial charge on any atom is 0.365 e. The molecule has 0 bridgehead atoms. The van der Waals surface area contributed by atoms with E-state index in [0.29, 0.717) is 0 Å². The van der Waals surface area contributed by atoms with Gasteiger partial charge in [-0.25, -0.2) is 4.79 Å². The number of amides is 1. The lowest BCUT2D eigenvalue weighted by molar-refractivity contribution is -0.133. The quantitative estimate of drug-likeness (QED) is 0.257. The summed E-state index contributed by atoms with van der Waals surface area (Å²) in [6.07, 6.45) is 0. The van der Waals surface area contributed by atoms with Crippen molar-refractivity contribution in [3.8, 4) is 0 Å². The van der Waals surface area contributed by atoms with Crippen molar-refractivity contribution in [1.29, 1.82) is 0 Å². The van der Waals surface area contributed by atoms with Crippen molar-refractivity contribution in [2.24, 2.45) is 10.9 Å². The van der Waals surface area contributed by atoms with Crippen LogP contribution in [0.25, 0.3) is 0 Å². The molecule has 6 heteroatoms. The van der Waals surface area contributed by atoms with Crippen LogP contribution in [0.2, 0.25) is 0 Å². The Kier molecular flexibility index (Phi) is 4.43. The minimum Gasteiger partial charge on any atom is -0.464 e. The van der Waals surface area contributed by atoms with Crippen molar-refractivity contribution in [1.82, 2.24) is 0 Å². The maximum atomic E-state index is 10.7. The molecule has 1 amide bonds. The average molecular weight is 174 g/mol. The van der Waals surface area contributed by atoms with Crippen LogP contribution >= 0.6 is 0 Å². The molecule has 0 unspecified atom stereocenters. The molecule has 0 saturated carbocycles. The van der Waals surface area contributed by atoms with Crippen molar-refractivity contribution < 1.29 is 19.2 Å². The van der Waals surface area contributed by atoms with Gasteiger partial charge in [-0.05, 0) is 6.92 Å². The molecule has 0 aliphatic heterocycles. The molecule has 0 aromatic heterocycles. The van der Waals surface area contributed by atoms with Gasteiger partial charge in [-0.1, -0.05) is 5.16 Å². The molecule has 0 atom stereocenters. The van der Waals surface area contributed by atoms with Crippen molar-refractivity contribution in [2.75, 3.05) is 13.7 Å². The second-order valence-corrected chi connectivity index (χ2v) is 1.71. The van der Waals surface area contributed by atoms with Crippen LogP contribution in [0.15, 0.2) is 5.16 Å². The number of methoxy groups -OCH3 is 1. The third-order valence-electron chi connectivity index (χ3n) is 0.897. The number of esters is 1. The molecule has 0 aromatic carbocycles. The first kappa shape index (κ1) is 10.4. The van der Waals surface area contributed by atoms with Crippen LogP contribution in [0.4, 0.5) is 0 Å². The number of rotatable bonds is 4. The molecular weight excluding hydrogens is 164 g/mol. The summed E-state index contributed by atoms with van der Waals surface area (Å²) in [7, 11) is 1.12. The minimum atomic E-state index is -0.977. The van der Waals surface area contributed by atoms with E-state index in [-0.39, 0.29) is 6.61 Å². The standard InChI is InChI=1S/C6H10N2O4/c1-3-12-8-4(5(7)9)6(10)11-2/h3H2,1-2H3,(H2,7,9)/b8-4+. The highest BCUT2D eigenvalue weighted by molar-refractivity contribution is 6.63. The first-order chi connectivity index (χ1) is 5.63. The molecule has 0 aromatic rings. The van der Waals surface area contributed by atoms with Crippen LogP contribution < -0.4 is 5.73 Å². The van der Waals surface area contributed by atoms with Gasteiger partial charge in [0.15, 0.2) is 0 Å². The van der Waals surface area contributed by atoms with E-state index in [1.165, 1.54) is 0 Å². The Labute approximate surface area is 69.3 Å². The number of ether oxygens (including phenoxy) is 1. The monoisotopic (exact) mass is 174 g/mol. The van der Waals surface area contributed by atoms with Gasteiger partial charge in [0.1, 0.15) is 6.61 Å². The van der Waals surface area contributed by atoms with Crippen molar-refractivity contribution in [2.45, 2.75) is 6.92 Å². The van der Waals surface area contributed by atoms with E-state index in [9.17, 15) is 9.59 Å². The zero-order valence-corrected chi connectivity index (χ0v) is 6.86. The highest BCUT2D eigenvalue weighted by atomic mass is 16.6. The van der Waals surface area contributed by atoms with Gasteiger partial charge in [-0.3, -0.25) is 4.79 Å². The van der Waals surface area contributed by atoms with E-state index in [2.05, 4.69) is 14.7 Å². The van der Waals surface area contributed by atoms with Crippen molar-refractivity contribution in [3.05, 3.63) is 0 Å². The number of hydrogen-bond acceptors (Lipinski definition) is 5. The lowest BCUT2D eigenvalue weighted by Gasteiger charge is -1.98. The smallest absolute Gasteiger partial charge is 0.365 e. The van der Waals surface area contributed by atoms with E-state index < -0.39 is 17.6 Å². The van der Waals surface area contributed by atoms with Crippen molar-refractivity contribution >= 4 is 17.6 Å². The summed E-state index contributed by atoms with van der Waals surface area (Å²) in [6.45, 7) is 1.90. The van der Waals surface area contributed by atoms with E-state index in [1.54, 1.807) is 6.92 Å². The molecule has 6 nitrogen and oxygen atoms in total. The second kappa shape index (κ2) is 5.11. The molecule has 0 saturated heterocycles. The van der Waals surface area contributed by atoms with E-state index in [0.717, 1.165) is 7.11 Å². The summed E-state index contributed by atoms with van der Waals surface area (Å²) < 4.78 is 4.22. The summed E-state index contributed by atoms with van der Waals surface area (Å²) in [6, 6.07) is 0. The van der Waals surface area contributed by atoms with Crippen LogP contribution in [0.5, 0.6) is 0 Å². The second-order valence-electron chi connectivity index (χ2n) is 1.71. The lowest BCUT2D eigenvalue weighted by Crippen LogP contribution is -2.31. The first-order valence-electron chi connectivity index (χ1n) is 3.21. The Bertz CT molecular complexity index is 212. The van der Waals surface area contributed by atoms with Gasteiger partial charge in [0.25, 0.3) is 11.6 Å². The van der Waals surface area contributed by atoms with E-state index in [4.69, 9.17) is 5.73 Å². The lowest BCUT2D eigenvalue weighted by atomic mass is 10.4. The Hall–Kier alpha value is -1.59. The number of nitrogens with two attached hydrogens (primary N) is 1. The first-order valence-corrected chi connectivity index (χ1v) is 3.21. The minimum absolute atomic E-state index is 0.244. The third kappa shape index (κ3) is 3.00. The fourth-order valence-electron chi connectivity index (χ4n) is 0.409. The highest BCUT2D eigenvalue weighted by Gasteiger charge is 2.18. The summed E-state index contributed by atoms with van der Waals surface area (Å²) in [4.78, 5) is 25.7. The average Bonchev–Trinajstić information content (AvgIpc) is 2.04. The Morgan fingerprint density at radius 1 is 1.50 bits per heavy atom. The number of carbonyl (C=O) groups is 2. The topological polar surface area (TPSA) is 91.0 Å². The summed E-state index contributed by atoms with van der Waals surface area (Å²) in [5.74, 6) is -1.88. The van der Waals surface area contributed by atoms with Crippen LogP contribution in [0, 0.1) is 0 Å². The largest absolute Gasteiger partial charge is 0.464 e. The van der Waals surface area contributed by atoms with Gasteiger partial charge in [0.05, 0.1) is 7.11 Å². The number of hydrogen-bond donors (Lipinski definition) is 1. The zero-order chi connectivity index (χ0) is 9.56. The highest BCUT2D eigenvalue weighted by Crippen LogP contribution is 1.85. The van der Waals surface area contributed by atoms with Crippen LogP contribution in [0.1, 0.15) is 6.92 Å². The van der Waals surface area contributed by atoms with Gasteiger partial charge in [0, 0.05) is 0 Å². The summed E-state index contributed by atoms with van der Waals surface area (Å²) in [5.41, 5.74) is 4.26. The number of primary amides is 1. The number of nitrogens with zero attached hydrogens (tertiary/aromatic N) is 1. The normalized spacial score (nSPS) is 10.7. The Morgan fingerprint density at radius 3 is 2.42 bits per heavy atom. The summed E-state index contributed by atoms with van der Waals surface area (Å²) >= 11 is 0. The SMILES string of the molecule is CCO/N=C(\C(N)=O)C(=O)OC. The molecule has 0 aliphatic carbocycles. The molecule has 0 spiro atoms. The molecule has 0 heterocycles. The summed E-state index contributed by atoms with van der Waals surface area (Å²) in [5, 5.41) is 3.18. The maximum absolute atomic E-state index is 10.7. The molecule has 2 N–H and O–H groups in total. The molecule has 0 fully saturated rings. The van der Waals surface area contributed by atoms with Gasteiger partial charge >= 0.3 is 5.97 Å². The van der Waals surface area contributed by atoms with E-state index in [1.807, 2.05) is 0 Å². The predicted octanol–water partition coefficient (Wildman–Crippen LogP) is -0.963. The Balaban J connectivity index is 4.43. The molecule has 68 valence electrons. The number of oxime groups is 1. The molecule has 0 radical (unpaired) electrons. The van der Waals surface area contributed by atoms with Crippen LogP contribution in [0.3, 0.4) is 0 Å².